The second kappa shape index (κ2) is 7.06. The van der Waals surface area contributed by atoms with Crippen molar-refractivity contribution in [2.45, 2.75) is 13.8 Å². The number of hydrogen-bond acceptors (Lipinski definition) is 2. The van der Waals surface area contributed by atoms with Crippen molar-refractivity contribution in [3.8, 4) is 22.6 Å². The Labute approximate surface area is 170 Å². The summed E-state index contributed by atoms with van der Waals surface area (Å²) in [5, 5.41) is 3.25. The van der Waals surface area contributed by atoms with Crippen molar-refractivity contribution in [2.75, 3.05) is 0 Å². The van der Waals surface area contributed by atoms with Gasteiger partial charge < -0.3 is 4.74 Å². The number of hydrogen-bond donors (Lipinski definition) is 0. The quantitative estimate of drug-likeness (QED) is 0.305. The lowest BCUT2D eigenvalue weighted by Gasteiger charge is -2.17. The van der Waals surface area contributed by atoms with Gasteiger partial charge in [-0.1, -0.05) is 60.7 Å². The van der Waals surface area contributed by atoms with Crippen LogP contribution in [0.25, 0.3) is 32.8 Å². The molecule has 5 rings (SSSR count). The molecule has 0 bridgehead atoms. The first-order valence-electron chi connectivity index (χ1n) is 9.82. The van der Waals surface area contributed by atoms with Crippen LogP contribution in [0.2, 0.25) is 0 Å². The van der Waals surface area contributed by atoms with Gasteiger partial charge in [0.25, 0.3) is 0 Å². The molecule has 2 nitrogen and oxygen atoms in total. The maximum absolute atomic E-state index is 6.52. The third-order valence-electron chi connectivity index (χ3n) is 5.21. The fraction of sp³-hybridized carbons (Fsp3) is 0.0741. The van der Waals surface area contributed by atoms with Crippen molar-refractivity contribution >= 4 is 21.7 Å². The van der Waals surface area contributed by atoms with Gasteiger partial charge in [0.05, 0.1) is 5.52 Å². The highest BCUT2D eigenvalue weighted by Gasteiger charge is 2.17. The molecular weight excluding hydrogens is 354 g/mol. The van der Waals surface area contributed by atoms with Crippen LogP contribution < -0.4 is 4.74 Å². The van der Waals surface area contributed by atoms with Crippen molar-refractivity contribution in [3.05, 3.63) is 102 Å². The van der Waals surface area contributed by atoms with Gasteiger partial charge in [-0.15, -0.1) is 0 Å². The third kappa shape index (κ3) is 3.13. The summed E-state index contributed by atoms with van der Waals surface area (Å²) in [7, 11) is 0. The van der Waals surface area contributed by atoms with Crippen LogP contribution in [0, 0.1) is 13.8 Å². The highest BCUT2D eigenvalue weighted by atomic mass is 16.5. The van der Waals surface area contributed by atoms with Crippen LogP contribution in [0.4, 0.5) is 0 Å². The first kappa shape index (κ1) is 17.4. The first-order valence-corrected chi connectivity index (χ1v) is 9.82. The van der Waals surface area contributed by atoms with Crippen LogP contribution in [-0.2, 0) is 0 Å². The second-order valence-electron chi connectivity index (χ2n) is 7.44. The molecule has 5 aromatic rings. The zero-order valence-electron chi connectivity index (χ0n) is 16.5. The van der Waals surface area contributed by atoms with Gasteiger partial charge in [-0.2, -0.15) is 0 Å². The largest absolute Gasteiger partial charge is 0.456 e. The molecule has 2 heteroatoms. The summed E-state index contributed by atoms with van der Waals surface area (Å²) in [6, 6.07) is 29.3. The van der Waals surface area contributed by atoms with E-state index in [0.29, 0.717) is 0 Å². The zero-order valence-corrected chi connectivity index (χ0v) is 16.5. The van der Waals surface area contributed by atoms with Gasteiger partial charge in [0.15, 0.2) is 0 Å². The summed E-state index contributed by atoms with van der Waals surface area (Å²) >= 11 is 0. The standard InChI is InChI=1S/C27H21NO/c1-18-15-19(2)17-21(16-18)29-27-23-12-7-6-11-22(23)25(20-9-4-3-5-10-20)26-24(27)13-8-14-28-26/h3-17H,1-2H3. The Hall–Kier alpha value is -3.65. The Balaban J connectivity index is 1.85. The minimum atomic E-state index is 0.852. The van der Waals surface area contributed by atoms with E-state index in [0.717, 1.165) is 44.3 Å². The number of nitrogens with zero attached hydrogens (tertiary/aromatic N) is 1. The van der Waals surface area contributed by atoms with E-state index >= 15 is 0 Å². The fourth-order valence-corrected chi connectivity index (χ4v) is 4.08. The predicted molar refractivity (Wildman–Crippen MR) is 121 cm³/mol. The lowest BCUT2D eigenvalue weighted by Crippen LogP contribution is -1.94. The number of aromatic nitrogens is 1. The number of pyridine rings is 1. The van der Waals surface area contributed by atoms with Gasteiger partial charge in [-0.3, -0.25) is 4.98 Å². The van der Waals surface area contributed by atoms with Crippen molar-refractivity contribution in [1.82, 2.24) is 4.98 Å². The molecule has 0 aliphatic heterocycles. The van der Waals surface area contributed by atoms with E-state index in [1.54, 1.807) is 0 Å². The molecule has 0 spiro atoms. The van der Waals surface area contributed by atoms with Crippen molar-refractivity contribution in [2.24, 2.45) is 0 Å². The van der Waals surface area contributed by atoms with E-state index in [-0.39, 0.29) is 0 Å². The van der Waals surface area contributed by atoms with Gasteiger partial charge in [-0.25, -0.2) is 0 Å². The first-order chi connectivity index (χ1) is 14.2. The Morgan fingerprint density at radius 1 is 0.655 bits per heavy atom. The molecule has 0 aliphatic carbocycles. The van der Waals surface area contributed by atoms with Gasteiger partial charge >= 0.3 is 0 Å². The minimum Gasteiger partial charge on any atom is -0.456 e. The Bertz CT molecular complexity index is 1260. The summed E-state index contributed by atoms with van der Waals surface area (Å²) in [6.07, 6.45) is 1.85. The zero-order chi connectivity index (χ0) is 19.8. The van der Waals surface area contributed by atoms with E-state index < -0.39 is 0 Å². The van der Waals surface area contributed by atoms with Crippen LogP contribution >= 0.6 is 0 Å². The molecule has 0 atom stereocenters. The number of fused-ring (bicyclic) bond motifs is 2. The van der Waals surface area contributed by atoms with Crippen LogP contribution in [0.15, 0.2) is 91.1 Å². The predicted octanol–water partition coefficient (Wildman–Crippen LogP) is 7.46. The van der Waals surface area contributed by atoms with E-state index in [9.17, 15) is 0 Å². The van der Waals surface area contributed by atoms with Crippen molar-refractivity contribution in [3.63, 3.8) is 0 Å². The molecule has 4 aromatic carbocycles. The normalized spacial score (nSPS) is 11.1. The van der Waals surface area contributed by atoms with Crippen LogP contribution in [0.3, 0.4) is 0 Å². The van der Waals surface area contributed by atoms with E-state index in [1.807, 2.05) is 18.3 Å². The van der Waals surface area contributed by atoms with Gasteiger partial charge in [0.1, 0.15) is 11.5 Å². The Morgan fingerprint density at radius 3 is 2.07 bits per heavy atom. The number of rotatable bonds is 3. The highest BCUT2D eigenvalue weighted by Crippen LogP contribution is 2.43. The average Bonchev–Trinajstić information content (AvgIpc) is 2.74. The molecule has 0 unspecified atom stereocenters. The van der Waals surface area contributed by atoms with E-state index in [4.69, 9.17) is 9.72 Å². The van der Waals surface area contributed by atoms with Crippen LogP contribution in [0.1, 0.15) is 11.1 Å². The Kier molecular flexibility index (Phi) is 4.25. The summed E-state index contributed by atoms with van der Waals surface area (Å²) in [5.41, 5.74) is 5.63. The molecule has 0 aliphatic rings. The topological polar surface area (TPSA) is 22.1 Å². The van der Waals surface area contributed by atoms with Gasteiger partial charge in [0, 0.05) is 22.5 Å². The molecule has 29 heavy (non-hydrogen) atoms. The van der Waals surface area contributed by atoms with E-state index in [2.05, 4.69) is 86.6 Å². The maximum Gasteiger partial charge on any atom is 0.144 e. The molecule has 0 N–H and O–H groups in total. The fourth-order valence-electron chi connectivity index (χ4n) is 4.08. The number of ether oxygens (including phenoxy) is 1. The monoisotopic (exact) mass is 375 g/mol. The van der Waals surface area contributed by atoms with Gasteiger partial charge in [-0.05, 0) is 60.2 Å². The third-order valence-corrected chi connectivity index (χ3v) is 5.21. The maximum atomic E-state index is 6.52. The summed E-state index contributed by atoms with van der Waals surface area (Å²) in [5.74, 6) is 1.71. The van der Waals surface area contributed by atoms with Crippen LogP contribution in [0.5, 0.6) is 11.5 Å². The van der Waals surface area contributed by atoms with Crippen LogP contribution in [-0.4, -0.2) is 4.98 Å². The number of benzene rings is 4. The van der Waals surface area contributed by atoms with Crippen molar-refractivity contribution < 1.29 is 4.74 Å². The summed E-state index contributed by atoms with van der Waals surface area (Å²) in [6.45, 7) is 4.19. The van der Waals surface area contributed by atoms with Crippen molar-refractivity contribution in [1.29, 1.82) is 0 Å². The van der Waals surface area contributed by atoms with Gasteiger partial charge in [0.2, 0.25) is 0 Å². The molecule has 1 aromatic heterocycles. The highest BCUT2D eigenvalue weighted by molar-refractivity contribution is 6.15. The molecular formula is C27H21NO. The lowest BCUT2D eigenvalue weighted by atomic mass is 9.94. The lowest BCUT2D eigenvalue weighted by molar-refractivity contribution is 0.493. The van der Waals surface area contributed by atoms with E-state index in [1.165, 1.54) is 11.1 Å². The molecule has 140 valence electrons. The molecule has 0 saturated carbocycles. The molecule has 0 saturated heterocycles. The molecule has 1 heterocycles. The minimum absolute atomic E-state index is 0.852. The second-order valence-corrected chi connectivity index (χ2v) is 7.44. The summed E-state index contributed by atoms with van der Waals surface area (Å²) in [4.78, 5) is 4.77. The molecule has 0 radical (unpaired) electrons. The molecule has 0 fully saturated rings. The number of aryl methyl sites for hydroxylation is 2. The SMILES string of the molecule is Cc1cc(C)cc(Oc2c3ccccc3c(-c3ccccc3)c3ncccc23)c1. The smallest absolute Gasteiger partial charge is 0.144 e. The average molecular weight is 375 g/mol. The molecule has 0 amide bonds. The summed E-state index contributed by atoms with van der Waals surface area (Å²) < 4.78 is 6.52. The Morgan fingerprint density at radius 2 is 1.31 bits per heavy atom.